The van der Waals surface area contributed by atoms with Crippen molar-refractivity contribution in [3.8, 4) is 11.3 Å². The second kappa shape index (κ2) is 5.48. The molecule has 0 spiro atoms. The number of nitrogens with zero attached hydrogens (tertiary/aromatic N) is 4. The van der Waals surface area contributed by atoms with E-state index in [0.717, 1.165) is 16.8 Å². The lowest BCUT2D eigenvalue weighted by atomic mass is 10.1. The second-order valence-electron chi connectivity index (χ2n) is 4.55. The van der Waals surface area contributed by atoms with Gasteiger partial charge < -0.3 is 0 Å². The second-order valence-corrected chi connectivity index (χ2v) is 4.55. The number of benzene rings is 2. The Kier molecular flexibility index (Phi) is 3.37. The summed E-state index contributed by atoms with van der Waals surface area (Å²) in [7, 11) is 0. The molecule has 0 aliphatic carbocycles. The first-order valence-corrected chi connectivity index (χ1v) is 6.40. The predicted molar refractivity (Wildman–Crippen MR) is 79.6 cm³/mol. The van der Waals surface area contributed by atoms with Gasteiger partial charge in [0.05, 0.1) is 12.4 Å². The molecule has 4 heteroatoms. The van der Waals surface area contributed by atoms with Crippen LogP contribution < -0.4 is 0 Å². The molecule has 0 radical (unpaired) electrons. The van der Waals surface area contributed by atoms with Crippen molar-refractivity contribution in [2.24, 2.45) is 5.10 Å². The van der Waals surface area contributed by atoms with Crippen LogP contribution in [0.1, 0.15) is 11.1 Å². The fraction of sp³-hybridized carbons (Fsp3) is 0.0625. The Bertz CT molecular complexity index is 712. The molecular weight excluding hydrogens is 248 g/mol. The zero-order valence-electron chi connectivity index (χ0n) is 11.1. The molecule has 20 heavy (non-hydrogen) atoms. The summed E-state index contributed by atoms with van der Waals surface area (Å²) in [4.78, 5) is 1.47. The third kappa shape index (κ3) is 2.80. The van der Waals surface area contributed by atoms with Crippen LogP contribution in [0.2, 0.25) is 0 Å². The fourth-order valence-electron chi connectivity index (χ4n) is 1.83. The van der Waals surface area contributed by atoms with E-state index in [-0.39, 0.29) is 0 Å². The van der Waals surface area contributed by atoms with Crippen molar-refractivity contribution < 1.29 is 0 Å². The molecule has 0 amide bonds. The van der Waals surface area contributed by atoms with Gasteiger partial charge >= 0.3 is 0 Å². The van der Waals surface area contributed by atoms with E-state index in [1.54, 1.807) is 6.21 Å². The minimum absolute atomic E-state index is 0.815. The van der Waals surface area contributed by atoms with E-state index in [4.69, 9.17) is 0 Å². The zero-order valence-corrected chi connectivity index (χ0v) is 11.1. The van der Waals surface area contributed by atoms with Crippen molar-refractivity contribution >= 4 is 6.21 Å². The Morgan fingerprint density at radius 1 is 1.00 bits per heavy atom. The molecule has 0 fully saturated rings. The average Bonchev–Trinajstić information content (AvgIpc) is 2.96. The molecule has 0 saturated heterocycles. The highest BCUT2D eigenvalue weighted by molar-refractivity contribution is 5.79. The molecule has 0 saturated carbocycles. The largest absolute Gasteiger partial charge is 0.157 e. The molecule has 0 aliphatic heterocycles. The van der Waals surface area contributed by atoms with E-state index in [1.165, 1.54) is 10.4 Å². The molecule has 0 aliphatic rings. The summed E-state index contributed by atoms with van der Waals surface area (Å²) in [5.74, 6) is 0. The molecule has 3 rings (SSSR count). The van der Waals surface area contributed by atoms with Crippen LogP contribution in [0.15, 0.2) is 65.9 Å². The maximum absolute atomic E-state index is 4.26. The molecule has 0 atom stereocenters. The molecule has 0 unspecified atom stereocenters. The van der Waals surface area contributed by atoms with E-state index in [9.17, 15) is 0 Å². The van der Waals surface area contributed by atoms with Crippen LogP contribution in [0.4, 0.5) is 0 Å². The number of rotatable bonds is 3. The van der Waals surface area contributed by atoms with Crippen LogP contribution in [0, 0.1) is 6.92 Å². The SMILES string of the molecule is Cc1ccc(-c2cn(/N=C/c3ccccc3)nn2)cc1. The van der Waals surface area contributed by atoms with Crippen LogP contribution in [-0.2, 0) is 0 Å². The smallest absolute Gasteiger partial charge is 0.115 e. The average molecular weight is 262 g/mol. The minimum Gasteiger partial charge on any atom is -0.157 e. The maximum Gasteiger partial charge on any atom is 0.115 e. The van der Waals surface area contributed by atoms with Crippen LogP contribution in [0.5, 0.6) is 0 Å². The molecule has 0 bridgehead atoms. The quantitative estimate of drug-likeness (QED) is 0.680. The van der Waals surface area contributed by atoms with Crippen molar-refractivity contribution in [3.05, 3.63) is 71.9 Å². The van der Waals surface area contributed by atoms with E-state index in [1.807, 2.05) is 48.7 Å². The number of aryl methyl sites for hydroxylation is 1. The third-order valence-corrected chi connectivity index (χ3v) is 2.95. The zero-order chi connectivity index (χ0) is 13.8. The van der Waals surface area contributed by atoms with Crippen molar-refractivity contribution in [2.75, 3.05) is 0 Å². The van der Waals surface area contributed by atoms with E-state index in [0.29, 0.717) is 0 Å². The van der Waals surface area contributed by atoms with Crippen LogP contribution in [-0.4, -0.2) is 21.3 Å². The molecule has 1 aromatic heterocycles. The van der Waals surface area contributed by atoms with Gasteiger partial charge in [0.2, 0.25) is 0 Å². The topological polar surface area (TPSA) is 43.1 Å². The number of hydrogen-bond acceptors (Lipinski definition) is 3. The lowest BCUT2D eigenvalue weighted by Gasteiger charge is -1.95. The van der Waals surface area contributed by atoms with E-state index < -0.39 is 0 Å². The van der Waals surface area contributed by atoms with Crippen LogP contribution in [0.3, 0.4) is 0 Å². The standard InChI is InChI=1S/C16H14N4/c1-13-7-9-15(10-8-13)16-12-20(19-18-16)17-11-14-5-3-2-4-6-14/h2-12H,1H3/b17-11+. The summed E-state index contributed by atoms with van der Waals surface area (Å²) < 4.78 is 0. The number of hydrogen-bond donors (Lipinski definition) is 0. The molecule has 98 valence electrons. The normalized spacial score (nSPS) is 11.1. The van der Waals surface area contributed by atoms with Crippen molar-refractivity contribution in [3.63, 3.8) is 0 Å². The van der Waals surface area contributed by atoms with E-state index >= 15 is 0 Å². The Balaban J connectivity index is 1.80. The predicted octanol–water partition coefficient (Wildman–Crippen LogP) is 3.14. The summed E-state index contributed by atoms with van der Waals surface area (Å²) in [6, 6.07) is 18.1. The Hall–Kier alpha value is -2.75. The Morgan fingerprint density at radius 3 is 2.50 bits per heavy atom. The van der Waals surface area contributed by atoms with Gasteiger partial charge in [-0.1, -0.05) is 60.2 Å². The van der Waals surface area contributed by atoms with E-state index in [2.05, 4.69) is 34.5 Å². The lowest BCUT2D eigenvalue weighted by Crippen LogP contribution is -1.90. The van der Waals surface area contributed by atoms with Gasteiger partial charge in [0.15, 0.2) is 0 Å². The van der Waals surface area contributed by atoms with Gasteiger partial charge in [-0.25, -0.2) is 0 Å². The summed E-state index contributed by atoms with van der Waals surface area (Å²) in [6.07, 6.45) is 3.57. The van der Waals surface area contributed by atoms with Gasteiger partial charge in [-0.3, -0.25) is 0 Å². The summed E-state index contributed by atoms with van der Waals surface area (Å²) in [5, 5.41) is 12.4. The van der Waals surface area contributed by atoms with Crippen molar-refractivity contribution in [1.82, 2.24) is 15.1 Å². The first-order chi connectivity index (χ1) is 9.81. The monoisotopic (exact) mass is 262 g/mol. The van der Waals surface area contributed by atoms with Crippen LogP contribution in [0.25, 0.3) is 11.3 Å². The molecule has 0 N–H and O–H groups in total. The van der Waals surface area contributed by atoms with Gasteiger partial charge in [0, 0.05) is 5.56 Å². The Labute approximate surface area is 117 Å². The number of aromatic nitrogens is 3. The highest BCUT2D eigenvalue weighted by atomic mass is 15.6. The van der Waals surface area contributed by atoms with Gasteiger partial charge in [-0.15, -0.1) is 9.89 Å². The van der Waals surface area contributed by atoms with Gasteiger partial charge in [0.1, 0.15) is 5.69 Å². The first-order valence-electron chi connectivity index (χ1n) is 6.40. The molecule has 3 aromatic rings. The van der Waals surface area contributed by atoms with Crippen molar-refractivity contribution in [2.45, 2.75) is 6.92 Å². The molecule has 2 aromatic carbocycles. The van der Waals surface area contributed by atoms with Crippen LogP contribution >= 0.6 is 0 Å². The lowest BCUT2D eigenvalue weighted by molar-refractivity contribution is 0.697. The third-order valence-electron chi connectivity index (χ3n) is 2.95. The summed E-state index contributed by atoms with van der Waals surface area (Å²) in [5.41, 5.74) is 4.11. The van der Waals surface area contributed by atoms with Gasteiger partial charge in [-0.2, -0.15) is 5.10 Å². The summed E-state index contributed by atoms with van der Waals surface area (Å²) >= 11 is 0. The summed E-state index contributed by atoms with van der Waals surface area (Å²) in [6.45, 7) is 2.06. The van der Waals surface area contributed by atoms with Crippen molar-refractivity contribution in [1.29, 1.82) is 0 Å². The highest BCUT2D eigenvalue weighted by Crippen LogP contribution is 2.16. The highest BCUT2D eigenvalue weighted by Gasteiger charge is 2.02. The molecular formula is C16H14N4. The molecule has 4 nitrogen and oxygen atoms in total. The first kappa shape index (κ1) is 12.3. The fourth-order valence-corrected chi connectivity index (χ4v) is 1.83. The van der Waals surface area contributed by atoms with Gasteiger partial charge in [-0.05, 0) is 17.7 Å². The van der Waals surface area contributed by atoms with Gasteiger partial charge in [0.25, 0.3) is 0 Å². The minimum atomic E-state index is 0.815. The molecule has 1 heterocycles. The Morgan fingerprint density at radius 2 is 1.75 bits per heavy atom. The maximum atomic E-state index is 4.26.